The fraction of sp³-hybridized carbons (Fsp3) is 0.905. The molecule has 0 rings (SSSR count). The van der Waals surface area contributed by atoms with E-state index in [0.717, 1.165) is 25.7 Å². The fourth-order valence-corrected chi connectivity index (χ4v) is 2.85. The summed E-state index contributed by atoms with van der Waals surface area (Å²) in [6.45, 7) is 10.7. The number of hydrogen-bond acceptors (Lipinski definition) is 3. The molecule has 0 unspecified atom stereocenters. The molecule has 0 aromatic heterocycles. The smallest absolute Gasteiger partial charge is 0.407 e. The Hall–Kier alpha value is -1.26. The van der Waals surface area contributed by atoms with Crippen molar-refractivity contribution in [3.8, 4) is 0 Å². The van der Waals surface area contributed by atoms with Gasteiger partial charge in [-0.2, -0.15) is 0 Å². The molecule has 0 heterocycles. The molecule has 0 saturated heterocycles. The monoisotopic (exact) mass is 370 g/mol. The average Bonchev–Trinajstić information content (AvgIpc) is 2.55. The van der Waals surface area contributed by atoms with Crippen LogP contribution in [0.4, 0.5) is 4.79 Å². The predicted octanol–water partition coefficient (Wildman–Crippen LogP) is 5.18. The van der Waals surface area contributed by atoms with Gasteiger partial charge >= 0.3 is 6.09 Å². The molecule has 0 aromatic rings. The van der Waals surface area contributed by atoms with Crippen LogP contribution in [0.25, 0.3) is 0 Å². The highest BCUT2D eigenvalue weighted by atomic mass is 16.6. The summed E-state index contributed by atoms with van der Waals surface area (Å²) >= 11 is 0. The SMILES string of the molecule is CCCCCCC(CCCCCC)C(=O)NCCNC(=O)OC(C)(C)C. The summed E-state index contributed by atoms with van der Waals surface area (Å²) in [5.74, 6) is 0.231. The summed E-state index contributed by atoms with van der Waals surface area (Å²) in [7, 11) is 0. The minimum absolute atomic E-state index is 0.102. The molecule has 0 aliphatic heterocycles. The molecule has 0 fully saturated rings. The molecule has 2 amide bonds. The second-order valence-corrected chi connectivity index (χ2v) is 8.12. The third-order valence-electron chi connectivity index (χ3n) is 4.28. The van der Waals surface area contributed by atoms with Gasteiger partial charge in [-0.25, -0.2) is 4.79 Å². The molecular formula is C21H42N2O3. The molecule has 0 bridgehead atoms. The quantitative estimate of drug-likeness (QED) is 0.414. The minimum atomic E-state index is -0.505. The molecular weight excluding hydrogens is 328 g/mol. The van der Waals surface area contributed by atoms with Crippen molar-refractivity contribution in [2.75, 3.05) is 13.1 Å². The molecule has 0 saturated carbocycles. The van der Waals surface area contributed by atoms with E-state index >= 15 is 0 Å². The second-order valence-electron chi connectivity index (χ2n) is 8.12. The summed E-state index contributed by atoms with van der Waals surface area (Å²) in [5, 5.41) is 5.65. The van der Waals surface area contributed by atoms with Gasteiger partial charge in [-0.3, -0.25) is 4.79 Å². The van der Waals surface area contributed by atoms with E-state index in [1.54, 1.807) is 0 Å². The number of ether oxygens (including phenoxy) is 1. The van der Waals surface area contributed by atoms with E-state index in [1.807, 2.05) is 20.8 Å². The van der Waals surface area contributed by atoms with Gasteiger partial charge in [-0.05, 0) is 33.6 Å². The van der Waals surface area contributed by atoms with Gasteiger partial charge in [0, 0.05) is 19.0 Å². The number of carbonyl (C=O) groups excluding carboxylic acids is 2. The van der Waals surface area contributed by atoms with Crippen molar-refractivity contribution in [1.29, 1.82) is 0 Å². The van der Waals surface area contributed by atoms with Crippen molar-refractivity contribution in [2.24, 2.45) is 5.92 Å². The lowest BCUT2D eigenvalue weighted by Crippen LogP contribution is -2.39. The first kappa shape index (κ1) is 24.7. The summed E-state index contributed by atoms with van der Waals surface area (Å²) in [5.41, 5.74) is -0.505. The van der Waals surface area contributed by atoms with Gasteiger partial charge in [0.15, 0.2) is 0 Å². The maximum absolute atomic E-state index is 12.5. The van der Waals surface area contributed by atoms with Crippen LogP contribution in [0.15, 0.2) is 0 Å². The number of unbranched alkanes of at least 4 members (excludes halogenated alkanes) is 6. The van der Waals surface area contributed by atoms with Gasteiger partial charge < -0.3 is 15.4 Å². The van der Waals surface area contributed by atoms with Crippen LogP contribution in [0.1, 0.15) is 98.8 Å². The summed E-state index contributed by atoms with van der Waals surface area (Å²) < 4.78 is 5.18. The van der Waals surface area contributed by atoms with Crippen molar-refractivity contribution in [1.82, 2.24) is 10.6 Å². The number of amides is 2. The standard InChI is InChI=1S/C21H42N2O3/c1-6-8-10-12-14-18(15-13-11-9-7-2)19(24)22-16-17-23-20(25)26-21(3,4)5/h18H,6-17H2,1-5H3,(H,22,24)(H,23,25). The Bertz CT molecular complexity index is 366. The Morgan fingerprint density at radius 2 is 1.31 bits per heavy atom. The second kappa shape index (κ2) is 14.9. The van der Waals surface area contributed by atoms with E-state index in [1.165, 1.54) is 38.5 Å². The highest BCUT2D eigenvalue weighted by Crippen LogP contribution is 2.18. The zero-order valence-corrected chi connectivity index (χ0v) is 17.8. The average molecular weight is 371 g/mol. The van der Waals surface area contributed by atoms with Gasteiger partial charge in [0.05, 0.1) is 0 Å². The van der Waals surface area contributed by atoms with E-state index in [9.17, 15) is 9.59 Å². The molecule has 0 aliphatic rings. The van der Waals surface area contributed by atoms with Gasteiger partial charge in [0.1, 0.15) is 5.60 Å². The normalized spacial score (nSPS) is 11.5. The topological polar surface area (TPSA) is 67.4 Å². The number of hydrogen-bond donors (Lipinski definition) is 2. The number of alkyl carbamates (subject to hydrolysis) is 1. The van der Waals surface area contributed by atoms with E-state index < -0.39 is 11.7 Å². The molecule has 5 heteroatoms. The number of nitrogens with one attached hydrogen (secondary N) is 2. The van der Waals surface area contributed by atoms with Crippen LogP contribution in [0.3, 0.4) is 0 Å². The van der Waals surface area contributed by atoms with Gasteiger partial charge in [-0.1, -0.05) is 65.2 Å². The maximum Gasteiger partial charge on any atom is 0.407 e. The van der Waals surface area contributed by atoms with Crippen molar-refractivity contribution < 1.29 is 14.3 Å². The van der Waals surface area contributed by atoms with Crippen LogP contribution >= 0.6 is 0 Å². The van der Waals surface area contributed by atoms with Crippen molar-refractivity contribution >= 4 is 12.0 Å². The zero-order chi connectivity index (χ0) is 19.8. The van der Waals surface area contributed by atoms with Crippen LogP contribution in [0.2, 0.25) is 0 Å². The Morgan fingerprint density at radius 1 is 0.808 bits per heavy atom. The van der Waals surface area contributed by atoms with Gasteiger partial charge in [0.25, 0.3) is 0 Å². The Balaban J connectivity index is 4.14. The van der Waals surface area contributed by atoms with Crippen LogP contribution in [-0.2, 0) is 9.53 Å². The van der Waals surface area contributed by atoms with E-state index in [2.05, 4.69) is 24.5 Å². The lowest BCUT2D eigenvalue weighted by molar-refractivity contribution is -0.125. The number of rotatable bonds is 14. The number of carbonyl (C=O) groups is 2. The molecule has 0 radical (unpaired) electrons. The molecule has 0 atom stereocenters. The lowest BCUT2D eigenvalue weighted by Gasteiger charge is -2.20. The summed E-state index contributed by atoms with van der Waals surface area (Å²) in [4.78, 5) is 24.1. The van der Waals surface area contributed by atoms with E-state index in [4.69, 9.17) is 4.74 Å². The maximum atomic E-state index is 12.5. The van der Waals surface area contributed by atoms with Crippen molar-refractivity contribution in [3.63, 3.8) is 0 Å². The van der Waals surface area contributed by atoms with E-state index in [0.29, 0.717) is 13.1 Å². The van der Waals surface area contributed by atoms with Crippen molar-refractivity contribution in [3.05, 3.63) is 0 Å². The molecule has 26 heavy (non-hydrogen) atoms. The largest absolute Gasteiger partial charge is 0.444 e. The molecule has 2 N–H and O–H groups in total. The highest BCUT2D eigenvalue weighted by molar-refractivity contribution is 5.78. The zero-order valence-electron chi connectivity index (χ0n) is 17.8. The predicted molar refractivity (Wildman–Crippen MR) is 108 cm³/mol. The molecule has 154 valence electrons. The minimum Gasteiger partial charge on any atom is -0.444 e. The molecule has 5 nitrogen and oxygen atoms in total. The fourth-order valence-electron chi connectivity index (χ4n) is 2.85. The molecule has 0 aromatic carbocycles. The van der Waals surface area contributed by atoms with Gasteiger partial charge in [-0.15, -0.1) is 0 Å². The van der Waals surface area contributed by atoms with Gasteiger partial charge in [0.2, 0.25) is 5.91 Å². The third-order valence-corrected chi connectivity index (χ3v) is 4.28. The van der Waals surface area contributed by atoms with Crippen LogP contribution < -0.4 is 10.6 Å². The Labute approximate surface area is 161 Å². The van der Waals surface area contributed by atoms with Crippen LogP contribution in [0, 0.1) is 5.92 Å². The Morgan fingerprint density at radius 3 is 1.77 bits per heavy atom. The highest BCUT2D eigenvalue weighted by Gasteiger charge is 2.18. The summed E-state index contributed by atoms with van der Waals surface area (Å²) in [6.07, 6.45) is 11.1. The third kappa shape index (κ3) is 15.0. The molecule has 0 spiro atoms. The first-order chi connectivity index (χ1) is 12.3. The first-order valence-corrected chi connectivity index (χ1v) is 10.5. The van der Waals surface area contributed by atoms with E-state index in [-0.39, 0.29) is 11.8 Å². The lowest BCUT2D eigenvalue weighted by atomic mass is 9.93. The first-order valence-electron chi connectivity index (χ1n) is 10.5. The van der Waals surface area contributed by atoms with Crippen LogP contribution in [0.5, 0.6) is 0 Å². The molecule has 0 aliphatic carbocycles. The van der Waals surface area contributed by atoms with Crippen LogP contribution in [-0.4, -0.2) is 30.7 Å². The summed E-state index contributed by atoms with van der Waals surface area (Å²) in [6, 6.07) is 0. The Kier molecular flexibility index (Phi) is 14.1. The van der Waals surface area contributed by atoms with Crippen molar-refractivity contribution in [2.45, 2.75) is 104 Å².